The van der Waals surface area contributed by atoms with E-state index in [0.717, 1.165) is 23.0 Å². The molecule has 0 aliphatic carbocycles. The van der Waals surface area contributed by atoms with Crippen LogP contribution in [0, 0.1) is 13.8 Å². The van der Waals surface area contributed by atoms with Gasteiger partial charge >= 0.3 is 0 Å². The van der Waals surface area contributed by atoms with Crippen molar-refractivity contribution in [3.05, 3.63) is 39.9 Å². The van der Waals surface area contributed by atoms with E-state index in [-0.39, 0.29) is 0 Å². The number of anilines is 1. The minimum atomic E-state index is 0.871. The van der Waals surface area contributed by atoms with Gasteiger partial charge in [-0.05, 0) is 25.5 Å². The molecule has 0 fully saturated rings. The topological polar surface area (TPSA) is 34.2 Å². The van der Waals surface area contributed by atoms with E-state index in [9.17, 15) is 0 Å². The monoisotopic (exact) mass is 262 g/mol. The van der Waals surface area contributed by atoms with Crippen LogP contribution in [0.4, 0.5) is 5.13 Å². The Hall–Kier alpha value is -1.55. The highest BCUT2D eigenvalue weighted by molar-refractivity contribution is 7.15. The molecule has 2 aromatic rings. The zero-order valence-electron chi connectivity index (χ0n) is 11.2. The maximum atomic E-state index is 5.41. The molecule has 0 unspecified atom stereocenters. The summed E-state index contributed by atoms with van der Waals surface area (Å²) >= 11 is 1.70. The summed E-state index contributed by atoms with van der Waals surface area (Å²) in [6.07, 6.45) is 0.871. The third-order valence-corrected chi connectivity index (χ3v) is 4.07. The lowest BCUT2D eigenvalue weighted by Gasteiger charge is -2.08. The maximum Gasteiger partial charge on any atom is 0.182 e. The highest BCUT2D eigenvalue weighted by Gasteiger charge is 2.10. The van der Waals surface area contributed by atoms with Crippen LogP contribution in [0.2, 0.25) is 0 Å². The van der Waals surface area contributed by atoms with Gasteiger partial charge in [0, 0.05) is 18.3 Å². The molecule has 4 heteroatoms. The molecule has 1 N–H and O–H groups in total. The summed E-state index contributed by atoms with van der Waals surface area (Å²) in [5.74, 6) is 0.944. The molecular weight excluding hydrogens is 244 g/mol. The maximum absolute atomic E-state index is 5.41. The van der Waals surface area contributed by atoms with Crippen LogP contribution in [-0.2, 0) is 6.42 Å². The minimum absolute atomic E-state index is 0.871. The lowest BCUT2D eigenvalue weighted by atomic mass is 10.1. The number of nitrogens with one attached hydrogen (secondary N) is 1. The van der Waals surface area contributed by atoms with Crippen molar-refractivity contribution in [3.8, 4) is 5.75 Å². The molecule has 18 heavy (non-hydrogen) atoms. The highest BCUT2D eigenvalue weighted by atomic mass is 32.1. The SMILES string of the molecule is CNc1nc(C)c(Cc2cc(C)ccc2OC)s1. The van der Waals surface area contributed by atoms with E-state index in [1.165, 1.54) is 16.0 Å². The number of aromatic nitrogens is 1. The Balaban J connectivity index is 2.32. The van der Waals surface area contributed by atoms with Gasteiger partial charge in [-0.1, -0.05) is 17.7 Å². The Labute approximate surface area is 112 Å². The van der Waals surface area contributed by atoms with Crippen molar-refractivity contribution in [3.63, 3.8) is 0 Å². The number of aryl methyl sites for hydroxylation is 2. The van der Waals surface area contributed by atoms with E-state index in [1.54, 1.807) is 18.4 Å². The van der Waals surface area contributed by atoms with Crippen molar-refractivity contribution >= 4 is 16.5 Å². The number of thiazole rings is 1. The fraction of sp³-hybridized carbons (Fsp3) is 0.357. The molecule has 0 saturated heterocycles. The summed E-state index contributed by atoms with van der Waals surface area (Å²) in [5.41, 5.74) is 3.56. The molecule has 0 aliphatic heterocycles. The van der Waals surface area contributed by atoms with E-state index in [2.05, 4.69) is 36.3 Å². The third-order valence-electron chi connectivity index (χ3n) is 2.89. The van der Waals surface area contributed by atoms with Crippen molar-refractivity contribution in [1.82, 2.24) is 4.98 Å². The normalized spacial score (nSPS) is 10.4. The van der Waals surface area contributed by atoms with Crippen LogP contribution in [0.5, 0.6) is 5.75 Å². The minimum Gasteiger partial charge on any atom is -0.496 e. The average molecular weight is 262 g/mol. The number of ether oxygens (including phenoxy) is 1. The summed E-state index contributed by atoms with van der Waals surface area (Å²) in [5, 5.41) is 4.06. The fourth-order valence-electron chi connectivity index (χ4n) is 1.92. The summed E-state index contributed by atoms with van der Waals surface area (Å²) < 4.78 is 5.41. The van der Waals surface area contributed by atoms with Gasteiger partial charge in [-0.25, -0.2) is 4.98 Å². The van der Waals surface area contributed by atoms with Crippen LogP contribution in [0.1, 0.15) is 21.7 Å². The molecule has 1 heterocycles. The van der Waals surface area contributed by atoms with E-state index >= 15 is 0 Å². The van der Waals surface area contributed by atoms with Gasteiger partial charge in [-0.2, -0.15) is 0 Å². The molecule has 0 amide bonds. The van der Waals surface area contributed by atoms with Crippen molar-refractivity contribution in [1.29, 1.82) is 0 Å². The number of rotatable bonds is 4. The summed E-state index contributed by atoms with van der Waals surface area (Å²) in [6.45, 7) is 4.15. The van der Waals surface area contributed by atoms with E-state index in [1.807, 2.05) is 13.1 Å². The van der Waals surface area contributed by atoms with E-state index in [4.69, 9.17) is 4.74 Å². The molecular formula is C14H18N2OS. The zero-order valence-corrected chi connectivity index (χ0v) is 12.0. The molecule has 0 aliphatic rings. The molecule has 1 aromatic carbocycles. The van der Waals surface area contributed by atoms with Crippen LogP contribution >= 0.6 is 11.3 Å². The standard InChI is InChI=1S/C14H18N2OS/c1-9-5-6-12(17-4)11(7-9)8-13-10(2)16-14(15-3)18-13/h5-7H,8H2,1-4H3,(H,15,16). The quantitative estimate of drug-likeness (QED) is 0.917. The van der Waals surface area contributed by atoms with Gasteiger partial charge in [0.15, 0.2) is 5.13 Å². The first-order valence-electron chi connectivity index (χ1n) is 5.91. The molecule has 1 aromatic heterocycles. The van der Waals surface area contributed by atoms with Crippen molar-refractivity contribution < 1.29 is 4.74 Å². The number of methoxy groups -OCH3 is 1. The van der Waals surface area contributed by atoms with E-state index in [0.29, 0.717) is 0 Å². The van der Waals surface area contributed by atoms with Gasteiger partial charge in [-0.15, -0.1) is 11.3 Å². The highest BCUT2D eigenvalue weighted by Crippen LogP contribution is 2.28. The summed E-state index contributed by atoms with van der Waals surface area (Å²) in [6, 6.07) is 6.28. The molecule has 96 valence electrons. The van der Waals surface area contributed by atoms with Crippen molar-refractivity contribution in [2.24, 2.45) is 0 Å². The second kappa shape index (κ2) is 5.40. The first kappa shape index (κ1) is 12.9. The Morgan fingerprint density at radius 3 is 2.72 bits per heavy atom. The van der Waals surface area contributed by atoms with Crippen molar-refractivity contribution in [2.75, 3.05) is 19.5 Å². The van der Waals surface area contributed by atoms with Gasteiger partial charge in [0.2, 0.25) is 0 Å². The van der Waals surface area contributed by atoms with Gasteiger partial charge < -0.3 is 10.1 Å². The number of benzene rings is 1. The number of hydrogen-bond donors (Lipinski definition) is 1. The Bertz CT molecular complexity index is 549. The molecule has 0 spiro atoms. The smallest absolute Gasteiger partial charge is 0.182 e. The molecule has 2 rings (SSSR count). The Morgan fingerprint density at radius 1 is 1.33 bits per heavy atom. The number of hydrogen-bond acceptors (Lipinski definition) is 4. The van der Waals surface area contributed by atoms with Gasteiger partial charge in [-0.3, -0.25) is 0 Å². The van der Waals surface area contributed by atoms with Gasteiger partial charge in [0.1, 0.15) is 5.75 Å². The lowest BCUT2D eigenvalue weighted by molar-refractivity contribution is 0.410. The Kier molecular flexibility index (Phi) is 3.87. The average Bonchev–Trinajstić information content (AvgIpc) is 2.71. The summed E-state index contributed by atoms with van der Waals surface area (Å²) in [4.78, 5) is 5.75. The second-order valence-corrected chi connectivity index (χ2v) is 5.35. The van der Waals surface area contributed by atoms with Crippen molar-refractivity contribution in [2.45, 2.75) is 20.3 Å². The predicted octanol–water partition coefficient (Wildman–Crippen LogP) is 3.40. The first-order chi connectivity index (χ1) is 8.63. The van der Waals surface area contributed by atoms with Gasteiger partial charge in [0.05, 0.1) is 12.8 Å². The van der Waals surface area contributed by atoms with Gasteiger partial charge in [0.25, 0.3) is 0 Å². The zero-order chi connectivity index (χ0) is 13.1. The largest absolute Gasteiger partial charge is 0.496 e. The molecule has 3 nitrogen and oxygen atoms in total. The van der Waals surface area contributed by atoms with Crippen LogP contribution in [0.15, 0.2) is 18.2 Å². The third kappa shape index (κ3) is 2.64. The Morgan fingerprint density at radius 2 is 2.11 bits per heavy atom. The summed E-state index contributed by atoms with van der Waals surface area (Å²) in [7, 11) is 3.61. The molecule has 0 atom stereocenters. The first-order valence-corrected chi connectivity index (χ1v) is 6.73. The number of nitrogens with zero attached hydrogens (tertiary/aromatic N) is 1. The lowest BCUT2D eigenvalue weighted by Crippen LogP contribution is -1.94. The van der Waals surface area contributed by atoms with Crippen LogP contribution in [0.25, 0.3) is 0 Å². The molecule has 0 bridgehead atoms. The van der Waals surface area contributed by atoms with Crippen LogP contribution < -0.4 is 10.1 Å². The molecule has 0 saturated carbocycles. The van der Waals surface area contributed by atoms with E-state index < -0.39 is 0 Å². The van der Waals surface area contributed by atoms with Crippen LogP contribution in [0.3, 0.4) is 0 Å². The second-order valence-electron chi connectivity index (χ2n) is 4.27. The molecule has 0 radical (unpaired) electrons. The fourth-order valence-corrected chi connectivity index (χ4v) is 2.86. The predicted molar refractivity (Wildman–Crippen MR) is 76.9 cm³/mol. The van der Waals surface area contributed by atoms with Crippen LogP contribution in [-0.4, -0.2) is 19.1 Å².